The van der Waals surface area contributed by atoms with Crippen LogP contribution in [0.25, 0.3) is 0 Å². The van der Waals surface area contributed by atoms with Gasteiger partial charge in [-0.15, -0.1) is 0 Å². The number of ether oxygens (including phenoxy) is 2. The van der Waals surface area contributed by atoms with Crippen LogP contribution in [-0.4, -0.2) is 25.5 Å². The highest BCUT2D eigenvalue weighted by molar-refractivity contribution is 6.07. The number of halogens is 3. The van der Waals surface area contributed by atoms with Gasteiger partial charge in [0.25, 0.3) is 0 Å². The van der Waals surface area contributed by atoms with E-state index in [2.05, 4.69) is 5.32 Å². The molecule has 0 heterocycles. The number of allylic oxidation sites excluding steroid dienone is 2. The number of alkyl halides is 3. The number of rotatable bonds is 6. The molecule has 0 amide bonds. The van der Waals surface area contributed by atoms with Crippen LogP contribution in [0.2, 0.25) is 0 Å². The molecule has 2 atom stereocenters. The van der Waals surface area contributed by atoms with Crippen LogP contribution < -0.4 is 10.1 Å². The molecular weight excluding hydrogens is 411 g/mol. The molecular formula is C23H22F3NO4. The standard InChI is InChI=1S/C23H22F3NO4/c1-3-31-22(29)21-17(14-7-6-8-16(11-14)30-2)12-15(13-20(21)28)27-19-10-5-4-9-18(19)23(24,25)26/h4-11,13,17,21,27H,3,12H2,1-2H3/t17-,21+/m1/s1. The quantitative estimate of drug-likeness (QED) is 0.516. The Balaban J connectivity index is 1.98. The summed E-state index contributed by atoms with van der Waals surface area (Å²) in [5, 5.41) is 2.74. The first kappa shape index (κ1) is 22.4. The van der Waals surface area contributed by atoms with Crippen molar-refractivity contribution in [1.29, 1.82) is 0 Å². The lowest BCUT2D eigenvalue weighted by Gasteiger charge is -2.30. The molecule has 1 aliphatic carbocycles. The maximum Gasteiger partial charge on any atom is 0.418 e. The molecule has 0 saturated heterocycles. The zero-order valence-electron chi connectivity index (χ0n) is 17.0. The molecule has 0 radical (unpaired) electrons. The number of hydrogen-bond donors (Lipinski definition) is 1. The van der Waals surface area contributed by atoms with Crippen LogP contribution >= 0.6 is 0 Å². The molecule has 3 rings (SSSR count). The van der Waals surface area contributed by atoms with Crippen LogP contribution in [0, 0.1) is 5.92 Å². The number of nitrogens with one attached hydrogen (secondary N) is 1. The van der Waals surface area contributed by atoms with Gasteiger partial charge in [-0.1, -0.05) is 24.3 Å². The number of anilines is 1. The molecule has 2 aromatic rings. The van der Waals surface area contributed by atoms with Gasteiger partial charge in [-0.3, -0.25) is 9.59 Å². The number of benzene rings is 2. The Hall–Kier alpha value is -3.29. The van der Waals surface area contributed by atoms with Crippen molar-refractivity contribution in [2.24, 2.45) is 5.92 Å². The Morgan fingerprint density at radius 3 is 2.58 bits per heavy atom. The van der Waals surface area contributed by atoms with Crippen molar-refractivity contribution in [2.45, 2.75) is 25.4 Å². The van der Waals surface area contributed by atoms with Gasteiger partial charge in [-0.2, -0.15) is 13.2 Å². The van der Waals surface area contributed by atoms with Crippen LogP contribution in [-0.2, 0) is 20.5 Å². The molecule has 2 aromatic carbocycles. The number of para-hydroxylation sites is 1. The third-order valence-corrected chi connectivity index (χ3v) is 5.06. The van der Waals surface area contributed by atoms with Crippen LogP contribution in [0.4, 0.5) is 18.9 Å². The highest BCUT2D eigenvalue weighted by Crippen LogP contribution is 2.40. The molecule has 0 aliphatic heterocycles. The van der Waals surface area contributed by atoms with E-state index < -0.39 is 35.3 Å². The first-order valence-electron chi connectivity index (χ1n) is 9.72. The number of hydrogen-bond acceptors (Lipinski definition) is 5. The van der Waals surface area contributed by atoms with Crippen molar-refractivity contribution < 1.29 is 32.2 Å². The number of methoxy groups -OCH3 is 1. The monoisotopic (exact) mass is 433 g/mol. The van der Waals surface area contributed by atoms with E-state index in [0.717, 1.165) is 6.07 Å². The second kappa shape index (κ2) is 9.24. The molecule has 0 aromatic heterocycles. The van der Waals surface area contributed by atoms with Gasteiger partial charge in [0.05, 0.1) is 25.0 Å². The predicted molar refractivity (Wildman–Crippen MR) is 109 cm³/mol. The zero-order valence-corrected chi connectivity index (χ0v) is 17.0. The summed E-state index contributed by atoms with van der Waals surface area (Å²) in [4.78, 5) is 25.4. The van der Waals surface area contributed by atoms with E-state index >= 15 is 0 Å². The van der Waals surface area contributed by atoms with Crippen molar-refractivity contribution in [3.8, 4) is 5.75 Å². The first-order chi connectivity index (χ1) is 14.7. The smallest absolute Gasteiger partial charge is 0.418 e. The average molecular weight is 433 g/mol. The third kappa shape index (κ3) is 5.07. The van der Waals surface area contributed by atoms with Gasteiger partial charge in [-0.25, -0.2) is 0 Å². The number of carbonyl (C=O) groups excluding carboxylic acids is 2. The molecule has 1 N–H and O–H groups in total. The molecule has 0 spiro atoms. The summed E-state index contributed by atoms with van der Waals surface area (Å²) in [5.74, 6) is -2.35. The van der Waals surface area contributed by atoms with E-state index in [0.29, 0.717) is 11.3 Å². The van der Waals surface area contributed by atoms with Crippen molar-refractivity contribution in [2.75, 3.05) is 19.0 Å². The lowest BCUT2D eigenvalue weighted by molar-refractivity contribution is -0.151. The summed E-state index contributed by atoms with van der Waals surface area (Å²) >= 11 is 0. The topological polar surface area (TPSA) is 64.6 Å². The minimum absolute atomic E-state index is 0.112. The summed E-state index contributed by atoms with van der Waals surface area (Å²) < 4.78 is 50.4. The minimum Gasteiger partial charge on any atom is -0.497 e. The third-order valence-electron chi connectivity index (χ3n) is 5.06. The van der Waals surface area contributed by atoms with Gasteiger partial charge in [-0.05, 0) is 43.2 Å². The fourth-order valence-corrected chi connectivity index (χ4v) is 3.67. The molecule has 1 aliphatic rings. The van der Waals surface area contributed by atoms with E-state index in [1.807, 2.05) is 0 Å². The number of ketones is 1. The molecule has 8 heteroatoms. The van der Waals surface area contributed by atoms with E-state index in [1.165, 1.54) is 31.4 Å². The van der Waals surface area contributed by atoms with Gasteiger partial charge in [0.2, 0.25) is 0 Å². The van der Waals surface area contributed by atoms with E-state index in [9.17, 15) is 22.8 Å². The second-order valence-corrected chi connectivity index (χ2v) is 7.06. The van der Waals surface area contributed by atoms with Gasteiger partial charge in [0, 0.05) is 17.7 Å². The summed E-state index contributed by atoms with van der Waals surface area (Å²) in [6.45, 7) is 1.75. The summed E-state index contributed by atoms with van der Waals surface area (Å²) in [6.07, 6.45) is -3.22. The average Bonchev–Trinajstić information content (AvgIpc) is 2.73. The zero-order chi connectivity index (χ0) is 22.6. The van der Waals surface area contributed by atoms with Crippen molar-refractivity contribution in [3.63, 3.8) is 0 Å². The maximum atomic E-state index is 13.4. The van der Waals surface area contributed by atoms with E-state index in [1.54, 1.807) is 31.2 Å². The minimum atomic E-state index is -4.55. The van der Waals surface area contributed by atoms with Crippen LogP contribution in [0.5, 0.6) is 5.75 Å². The lowest BCUT2D eigenvalue weighted by atomic mass is 9.76. The maximum absolute atomic E-state index is 13.4. The highest BCUT2D eigenvalue weighted by Gasteiger charge is 2.40. The van der Waals surface area contributed by atoms with Crippen molar-refractivity contribution in [3.05, 3.63) is 71.4 Å². The Kier molecular flexibility index (Phi) is 6.68. The van der Waals surface area contributed by atoms with E-state index in [-0.39, 0.29) is 24.4 Å². The van der Waals surface area contributed by atoms with Gasteiger partial charge >= 0.3 is 12.1 Å². The fourth-order valence-electron chi connectivity index (χ4n) is 3.67. The Labute approximate surface area is 177 Å². The molecule has 31 heavy (non-hydrogen) atoms. The van der Waals surface area contributed by atoms with Crippen LogP contribution in [0.15, 0.2) is 60.3 Å². The van der Waals surface area contributed by atoms with Gasteiger partial charge in [0.15, 0.2) is 5.78 Å². The molecule has 0 unspecified atom stereocenters. The largest absolute Gasteiger partial charge is 0.497 e. The van der Waals surface area contributed by atoms with Crippen LogP contribution in [0.3, 0.4) is 0 Å². The fraction of sp³-hybridized carbons (Fsp3) is 0.304. The normalized spacial score (nSPS) is 18.9. The summed E-state index contributed by atoms with van der Waals surface area (Å²) in [7, 11) is 1.49. The summed E-state index contributed by atoms with van der Waals surface area (Å²) in [5.41, 5.74) is -0.0563. The van der Waals surface area contributed by atoms with E-state index in [4.69, 9.17) is 9.47 Å². The van der Waals surface area contributed by atoms with Crippen molar-refractivity contribution in [1.82, 2.24) is 0 Å². The first-order valence-corrected chi connectivity index (χ1v) is 9.72. The van der Waals surface area contributed by atoms with Crippen molar-refractivity contribution >= 4 is 17.4 Å². The SMILES string of the molecule is CCOC(=O)[C@@H]1C(=O)C=C(Nc2ccccc2C(F)(F)F)C[C@@H]1c1cccc(OC)c1. The Morgan fingerprint density at radius 2 is 1.90 bits per heavy atom. The number of carbonyl (C=O) groups is 2. The summed E-state index contributed by atoms with van der Waals surface area (Å²) in [6, 6.07) is 11.9. The molecule has 0 saturated carbocycles. The molecule has 0 bridgehead atoms. The lowest BCUT2D eigenvalue weighted by Crippen LogP contribution is -2.35. The molecule has 164 valence electrons. The number of esters is 1. The second-order valence-electron chi connectivity index (χ2n) is 7.06. The van der Waals surface area contributed by atoms with Crippen LogP contribution in [0.1, 0.15) is 30.4 Å². The molecule has 5 nitrogen and oxygen atoms in total. The Morgan fingerprint density at radius 1 is 1.16 bits per heavy atom. The molecule has 0 fully saturated rings. The van der Waals surface area contributed by atoms with Gasteiger partial charge < -0.3 is 14.8 Å². The Bertz CT molecular complexity index is 1000. The van der Waals surface area contributed by atoms with Gasteiger partial charge in [0.1, 0.15) is 11.7 Å². The highest BCUT2D eigenvalue weighted by atomic mass is 19.4. The predicted octanol–water partition coefficient (Wildman–Crippen LogP) is 4.95.